The summed E-state index contributed by atoms with van der Waals surface area (Å²) >= 11 is 3.54. The van der Waals surface area contributed by atoms with Gasteiger partial charge in [0.2, 0.25) is 0 Å². The zero-order valence-electron chi connectivity index (χ0n) is 17.9. The molecule has 0 saturated carbocycles. The average Bonchev–Trinajstić information content (AvgIpc) is 2.85. The summed E-state index contributed by atoms with van der Waals surface area (Å²) < 4.78 is 11.4. The van der Waals surface area contributed by atoms with E-state index >= 15 is 0 Å². The van der Waals surface area contributed by atoms with Crippen LogP contribution < -0.4 is 14.9 Å². The van der Waals surface area contributed by atoms with Gasteiger partial charge in [-0.3, -0.25) is 0 Å². The molecule has 0 aliphatic heterocycles. The molecule has 2 N–H and O–H groups in total. The van der Waals surface area contributed by atoms with Gasteiger partial charge in [0, 0.05) is 4.47 Å². The van der Waals surface area contributed by atoms with E-state index in [0.717, 1.165) is 26.9 Å². The van der Waals surface area contributed by atoms with Crippen LogP contribution in [-0.2, 0) is 0 Å². The normalized spacial score (nSPS) is 9.44. The summed E-state index contributed by atoms with van der Waals surface area (Å²) in [5, 5.41) is 18.7. The fraction of sp³-hybridized carbons (Fsp3) is 0.143. The highest BCUT2D eigenvalue weighted by atomic mass is 79.9. The lowest BCUT2D eigenvalue weighted by Crippen LogP contribution is -2.31. The highest BCUT2D eigenvalue weighted by Crippen LogP contribution is 2.31. The number of halogens is 1. The number of benzene rings is 4. The quantitative estimate of drug-likeness (QED) is 0.296. The lowest BCUT2D eigenvalue weighted by atomic mass is 9.75. The van der Waals surface area contributed by atoms with Crippen molar-refractivity contribution >= 4 is 28.5 Å². The summed E-state index contributed by atoms with van der Waals surface area (Å²) in [7, 11) is 1.77. The van der Waals surface area contributed by atoms with Crippen LogP contribution in [0.15, 0.2) is 102 Å². The summed E-state index contributed by atoms with van der Waals surface area (Å²) in [4.78, 5) is 0. The molecule has 0 saturated heterocycles. The molecule has 0 atom stereocenters. The van der Waals surface area contributed by atoms with Crippen molar-refractivity contribution in [3.63, 3.8) is 0 Å². The largest absolute Gasteiger partial charge is 0.497 e. The topological polar surface area (TPSA) is 58.9 Å². The first-order chi connectivity index (χ1) is 15.5. The molecule has 0 heterocycles. The summed E-state index contributed by atoms with van der Waals surface area (Å²) in [5.74, 6) is 1.56. The Balaban J connectivity index is 0.000000323. The average molecular weight is 523 g/mol. The first-order valence-electron chi connectivity index (χ1n) is 10.0. The van der Waals surface area contributed by atoms with E-state index in [2.05, 4.69) is 28.1 Å². The predicted molar refractivity (Wildman–Crippen MR) is 148 cm³/mol. The van der Waals surface area contributed by atoms with Crippen LogP contribution in [0.1, 0.15) is 14.9 Å². The molecule has 0 aromatic heterocycles. The Bertz CT molecular complexity index is 1140. The van der Waals surface area contributed by atoms with Crippen molar-refractivity contribution in [2.75, 3.05) is 14.2 Å². The summed E-state index contributed by atoms with van der Waals surface area (Å²) in [6, 6.07) is 30.9. The predicted octanol–water partition coefficient (Wildman–Crippen LogP) is 6.44. The maximum atomic E-state index is 9.34. The van der Waals surface area contributed by atoms with Crippen molar-refractivity contribution < 1.29 is 19.5 Å². The standard InChI is InChI=1S/C13H13BO3.C13H11BrO.2CH4/c1-17-11-7-8-13(14(15)16)12(9-11)10-5-3-2-4-6-10;1-15-11-7-8-13(14)12(9-11)10-5-3-2-4-6-10;;/h2-9,15-16H,1H3;2-9H,1H3;2*1H4. The molecule has 0 radical (unpaired) electrons. The Morgan fingerprint density at radius 1 is 0.618 bits per heavy atom. The van der Waals surface area contributed by atoms with E-state index in [1.54, 1.807) is 32.4 Å². The van der Waals surface area contributed by atoms with Crippen LogP contribution in [-0.4, -0.2) is 31.4 Å². The maximum Gasteiger partial charge on any atom is 0.489 e. The van der Waals surface area contributed by atoms with E-state index in [-0.39, 0.29) is 14.9 Å². The third kappa shape index (κ3) is 7.49. The van der Waals surface area contributed by atoms with Gasteiger partial charge in [0.1, 0.15) is 11.5 Å². The van der Waals surface area contributed by atoms with Gasteiger partial charge in [-0.15, -0.1) is 0 Å². The minimum Gasteiger partial charge on any atom is -0.497 e. The van der Waals surface area contributed by atoms with Crippen molar-refractivity contribution in [3.05, 3.63) is 102 Å². The minimum absolute atomic E-state index is 0. The second-order valence-corrected chi connectivity index (χ2v) is 7.76. The molecule has 4 aromatic carbocycles. The third-order valence-corrected chi connectivity index (χ3v) is 5.57. The first-order valence-corrected chi connectivity index (χ1v) is 10.8. The van der Waals surface area contributed by atoms with Crippen molar-refractivity contribution in [2.45, 2.75) is 14.9 Å². The van der Waals surface area contributed by atoms with Crippen LogP contribution in [0.5, 0.6) is 11.5 Å². The lowest BCUT2D eigenvalue weighted by molar-refractivity contribution is 0.414. The molecule has 4 rings (SSSR count). The van der Waals surface area contributed by atoms with Gasteiger partial charge in [-0.25, -0.2) is 0 Å². The maximum absolute atomic E-state index is 9.34. The second-order valence-electron chi connectivity index (χ2n) is 6.90. The molecule has 4 nitrogen and oxygen atoms in total. The molecule has 0 aliphatic rings. The second kappa shape index (κ2) is 14.3. The van der Waals surface area contributed by atoms with Gasteiger partial charge in [0.15, 0.2) is 0 Å². The van der Waals surface area contributed by atoms with E-state index < -0.39 is 7.12 Å². The van der Waals surface area contributed by atoms with Gasteiger partial charge in [0.25, 0.3) is 0 Å². The third-order valence-electron chi connectivity index (χ3n) is 4.88. The Hall–Kier alpha value is -3.06. The van der Waals surface area contributed by atoms with Crippen LogP contribution in [0.25, 0.3) is 22.3 Å². The van der Waals surface area contributed by atoms with Gasteiger partial charge in [-0.2, -0.15) is 0 Å². The summed E-state index contributed by atoms with van der Waals surface area (Å²) in [6.45, 7) is 0. The van der Waals surface area contributed by atoms with E-state index in [0.29, 0.717) is 11.2 Å². The highest BCUT2D eigenvalue weighted by Gasteiger charge is 2.17. The molecule has 34 heavy (non-hydrogen) atoms. The number of hydrogen-bond donors (Lipinski definition) is 2. The number of ether oxygens (including phenoxy) is 2. The van der Waals surface area contributed by atoms with Crippen LogP contribution >= 0.6 is 15.9 Å². The van der Waals surface area contributed by atoms with Gasteiger partial charge < -0.3 is 19.5 Å². The van der Waals surface area contributed by atoms with Crippen molar-refractivity contribution in [3.8, 4) is 33.8 Å². The number of hydrogen-bond acceptors (Lipinski definition) is 4. The van der Waals surface area contributed by atoms with E-state index in [4.69, 9.17) is 9.47 Å². The Kier molecular flexibility index (Phi) is 12.2. The monoisotopic (exact) mass is 522 g/mol. The fourth-order valence-electron chi connectivity index (χ4n) is 3.23. The molecule has 178 valence electrons. The molecule has 0 aliphatic carbocycles. The van der Waals surface area contributed by atoms with E-state index in [9.17, 15) is 10.0 Å². The zero-order chi connectivity index (χ0) is 22.9. The van der Waals surface area contributed by atoms with Crippen molar-refractivity contribution in [1.29, 1.82) is 0 Å². The molecule has 0 unspecified atom stereocenters. The number of rotatable bonds is 5. The van der Waals surface area contributed by atoms with E-state index in [1.165, 1.54) is 5.56 Å². The Morgan fingerprint density at radius 2 is 1.06 bits per heavy atom. The molecule has 0 fully saturated rings. The lowest BCUT2D eigenvalue weighted by Gasteiger charge is -2.11. The minimum atomic E-state index is -1.49. The SMILES string of the molecule is C.C.COc1ccc(B(O)O)c(-c2ccccc2)c1.COc1ccc(Br)c(-c2ccccc2)c1. The van der Waals surface area contributed by atoms with Crippen LogP contribution in [0, 0.1) is 0 Å². The molecule has 0 amide bonds. The molecular weight excluding hydrogens is 491 g/mol. The molecule has 0 spiro atoms. The Labute approximate surface area is 212 Å². The van der Waals surface area contributed by atoms with Crippen molar-refractivity contribution in [1.82, 2.24) is 0 Å². The molecule has 6 heteroatoms. The van der Waals surface area contributed by atoms with Gasteiger partial charge in [0.05, 0.1) is 14.2 Å². The van der Waals surface area contributed by atoms with Crippen LogP contribution in [0.2, 0.25) is 0 Å². The van der Waals surface area contributed by atoms with Gasteiger partial charge in [-0.05, 0) is 58.0 Å². The van der Waals surface area contributed by atoms with Crippen LogP contribution in [0.4, 0.5) is 0 Å². The van der Waals surface area contributed by atoms with Gasteiger partial charge in [-0.1, -0.05) is 97.5 Å². The highest BCUT2D eigenvalue weighted by molar-refractivity contribution is 9.10. The smallest absolute Gasteiger partial charge is 0.489 e. The first kappa shape index (κ1) is 29.0. The fourth-order valence-corrected chi connectivity index (χ4v) is 3.70. The van der Waals surface area contributed by atoms with Crippen molar-refractivity contribution in [2.24, 2.45) is 0 Å². The number of methoxy groups -OCH3 is 2. The molecule has 4 aromatic rings. The van der Waals surface area contributed by atoms with Gasteiger partial charge >= 0.3 is 7.12 Å². The molecule has 0 bridgehead atoms. The zero-order valence-corrected chi connectivity index (χ0v) is 19.5. The summed E-state index contributed by atoms with van der Waals surface area (Å²) in [5.41, 5.74) is 4.49. The van der Waals surface area contributed by atoms with E-state index in [1.807, 2.05) is 66.7 Å². The summed E-state index contributed by atoms with van der Waals surface area (Å²) in [6.07, 6.45) is 0. The molecular formula is C28H32BBrO4. The van der Waals surface area contributed by atoms with Crippen LogP contribution in [0.3, 0.4) is 0 Å². The Morgan fingerprint density at radius 3 is 1.53 bits per heavy atom.